The zero-order valence-corrected chi connectivity index (χ0v) is 13.7. The molecule has 0 spiro atoms. The Kier molecular flexibility index (Phi) is 4.95. The van der Waals surface area contributed by atoms with E-state index >= 15 is 0 Å². The van der Waals surface area contributed by atoms with Gasteiger partial charge in [-0.3, -0.25) is 14.5 Å². The van der Waals surface area contributed by atoms with Crippen molar-refractivity contribution in [1.29, 1.82) is 0 Å². The molecule has 2 aromatic carbocycles. The van der Waals surface area contributed by atoms with Gasteiger partial charge in [-0.25, -0.2) is 0 Å². The Morgan fingerprint density at radius 1 is 1.04 bits per heavy atom. The molecule has 1 atom stereocenters. The fraction of sp³-hybridized carbons (Fsp3) is 0.200. The standard InChI is InChI=1S/C20H19NO4/c1-2-7-14-8-3-6-11-18(14)25-13-15(22)12-21-19(23)16-9-4-5-10-17(16)20(21)24/h2-6,8-11,15,22H,1,7,12-13H2/t15-/m1/s1. The fourth-order valence-electron chi connectivity index (χ4n) is 2.82. The van der Waals surface area contributed by atoms with Crippen LogP contribution >= 0.6 is 0 Å². The predicted octanol–water partition coefficient (Wildman–Crippen LogP) is 2.45. The number of allylic oxidation sites excluding steroid dienone is 1. The second kappa shape index (κ2) is 7.32. The van der Waals surface area contributed by atoms with E-state index in [1.807, 2.05) is 24.3 Å². The molecule has 2 amide bonds. The summed E-state index contributed by atoms with van der Waals surface area (Å²) in [6.45, 7) is 3.60. The van der Waals surface area contributed by atoms with Gasteiger partial charge in [0.2, 0.25) is 0 Å². The van der Waals surface area contributed by atoms with E-state index in [-0.39, 0.29) is 25.0 Å². The van der Waals surface area contributed by atoms with Crippen molar-refractivity contribution >= 4 is 11.8 Å². The summed E-state index contributed by atoms with van der Waals surface area (Å²) in [5.41, 5.74) is 1.71. The number of rotatable bonds is 7. The van der Waals surface area contributed by atoms with E-state index in [0.717, 1.165) is 10.5 Å². The highest BCUT2D eigenvalue weighted by molar-refractivity contribution is 6.21. The van der Waals surface area contributed by atoms with Crippen LogP contribution in [0.15, 0.2) is 61.2 Å². The van der Waals surface area contributed by atoms with Crippen LogP contribution in [0.1, 0.15) is 26.3 Å². The highest BCUT2D eigenvalue weighted by Crippen LogP contribution is 2.23. The van der Waals surface area contributed by atoms with Crippen LogP contribution in [-0.4, -0.2) is 41.1 Å². The van der Waals surface area contributed by atoms with Crippen LogP contribution in [0.2, 0.25) is 0 Å². The van der Waals surface area contributed by atoms with Gasteiger partial charge in [-0.1, -0.05) is 36.4 Å². The summed E-state index contributed by atoms with van der Waals surface area (Å²) in [7, 11) is 0. The molecule has 2 aromatic rings. The van der Waals surface area contributed by atoms with Gasteiger partial charge in [0.05, 0.1) is 17.7 Å². The number of imide groups is 1. The summed E-state index contributed by atoms with van der Waals surface area (Å²) in [5.74, 6) is -0.109. The van der Waals surface area contributed by atoms with Crippen molar-refractivity contribution in [3.63, 3.8) is 0 Å². The number of ether oxygens (including phenoxy) is 1. The van der Waals surface area contributed by atoms with Crippen molar-refractivity contribution < 1.29 is 19.4 Å². The molecule has 5 heteroatoms. The maximum absolute atomic E-state index is 12.3. The topological polar surface area (TPSA) is 66.8 Å². The average Bonchev–Trinajstić information content (AvgIpc) is 2.87. The number of aliphatic hydroxyl groups is 1. The molecule has 1 aliphatic rings. The number of carbonyl (C=O) groups is 2. The largest absolute Gasteiger partial charge is 0.491 e. The van der Waals surface area contributed by atoms with Crippen molar-refractivity contribution in [2.75, 3.05) is 13.2 Å². The molecule has 0 fully saturated rings. The highest BCUT2D eigenvalue weighted by Gasteiger charge is 2.36. The van der Waals surface area contributed by atoms with Gasteiger partial charge in [-0.05, 0) is 30.2 Å². The van der Waals surface area contributed by atoms with Gasteiger partial charge < -0.3 is 9.84 Å². The van der Waals surface area contributed by atoms with Crippen molar-refractivity contribution in [2.45, 2.75) is 12.5 Å². The van der Waals surface area contributed by atoms with E-state index in [0.29, 0.717) is 23.3 Å². The third-order valence-corrected chi connectivity index (χ3v) is 4.04. The van der Waals surface area contributed by atoms with Gasteiger partial charge in [0.25, 0.3) is 11.8 Å². The summed E-state index contributed by atoms with van der Waals surface area (Å²) in [5, 5.41) is 10.2. The minimum absolute atomic E-state index is 0.0123. The van der Waals surface area contributed by atoms with Gasteiger partial charge in [0, 0.05) is 0 Å². The molecule has 0 aliphatic carbocycles. The van der Waals surface area contributed by atoms with E-state index < -0.39 is 6.10 Å². The van der Waals surface area contributed by atoms with E-state index in [2.05, 4.69) is 6.58 Å². The van der Waals surface area contributed by atoms with Crippen molar-refractivity contribution in [3.05, 3.63) is 77.9 Å². The lowest BCUT2D eigenvalue weighted by Gasteiger charge is -2.19. The molecule has 0 bridgehead atoms. The Balaban J connectivity index is 1.63. The SMILES string of the molecule is C=CCc1ccccc1OC[C@H](O)CN1C(=O)c2ccccc2C1=O. The zero-order valence-electron chi connectivity index (χ0n) is 13.7. The average molecular weight is 337 g/mol. The van der Waals surface area contributed by atoms with E-state index in [4.69, 9.17) is 4.74 Å². The first kappa shape index (κ1) is 16.9. The maximum Gasteiger partial charge on any atom is 0.261 e. The molecule has 1 aliphatic heterocycles. The minimum atomic E-state index is -0.973. The first-order valence-electron chi connectivity index (χ1n) is 8.06. The molecule has 25 heavy (non-hydrogen) atoms. The second-order valence-electron chi connectivity index (χ2n) is 5.83. The van der Waals surface area contributed by atoms with E-state index in [9.17, 15) is 14.7 Å². The molecule has 0 radical (unpaired) electrons. The Morgan fingerprint density at radius 2 is 1.64 bits per heavy atom. The van der Waals surface area contributed by atoms with Crippen molar-refractivity contribution in [1.82, 2.24) is 4.90 Å². The third kappa shape index (κ3) is 3.46. The Bertz CT molecular complexity index is 780. The number of fused-ring (bicyclic) bond motifs is 1. The predicted molar refractivity (Wildman–Crippen MR) is 93.7 cm³/mol. The van der Waals surface area contributed by atoms with Crippen LogP contribution in [0.3, 0.4) is 0 Å². The number of β-amino-alcohol motifs (C(OH)–C–C–N with tert-alkyl or cyclic N) is 1. The van der Waals surface area contributed by atoms with Crippen LogP contribution in [0.4, 0.5) is 0 Å². The van der Waals surface area contributed by atoms with Crippen LogP contribution in [0, 0.1) is 0 Å². The lowest BCUT2D eigenvalue weighted by Crippen LogP contribution is -2.39. The van der Waals surface area contributed by atoms with Crippen LogP contribution in [0.5, 0.6) is 5.75 Å². The van der Waals surface area contributed by atoms with E-state index in [1.165, 1.54) is 0 Å². The lowest BCUT2D eigenvalue weighted by atomic mass is 10.1. The van der Waals surface area contributed by atoms with Gasteiger partial charge in [-0.2, -0.15) is 0 Å². The molecule has 0 aromatic heterocycles. The van der Waals surface area contributed by atoms with Crippen LogP contribution < -0.4 is 4.74 Å². The summed E-state index contributed by atoms with van der Waals surface area (Å²) in [4.78, 5) is 25.7. The van der Waals surface area contributed by atoms with Gasteiger partial charge >= 0.3 is 0 Å². The van der Waals surface area contributed by atoms with Crippen LogP contribution in [-0.2, 0) is 6.42 Å². The molecule has 3 rings (SSSR count). The molecule has 5 nitrogen and oxygen atoms in total. The number of hydrogen-bond acceptors (Lipinski definition) is 4. The summed E-state index contributed by atoms with van der Waals surface area (Å²) in [6, 6.07) is 14.1. The molecule has 0 saturated heterocycles. The number of nitrogens with zero attached hydrogens (tertiary/aromatic N) is 1. The van der Waals surface area contributed by atoms with Crippen LogP contribution in [0.25, 0.3) is 0 Å². The Labute approximate surface area is 146 Å². The Hall–Kier alpha value is -2.92. The van der Waals surface area contributed by atoms with E-state index in [1.54, 1.807) is 30.3 Å². The highest BCUT2D eigenvalue weighted by atomic mass is 16.5. The summed E-state index contributed by atoms with van der Waals surface area (Å²) in [6.07, 6.45) is 1.46. The molecule has 0 saturated carbocycles. The Morgan fingerprint density at radius 3 is 2.28 bits per heavy atom. The maximum atomic E-state index is 12.3. The fourth-order valence-corrected chi connectivity index (χ4v) is 2.82. The normalized spacial score (nSPS) is 14.4. The molecule has 1 N–H and O–H groups in total. The number of hydrogen-bond donors (Lipinski definition) is 1. The number of carbonyl (C=O) groups excluding carboxylic acids is 2. The quantitative estimate of drug-likeness (QED) is 0.622. The van der Waals surface area contributed by atoms with Crippen molar-refractivity contribution in [2.24, 2.45) is 0 Å². The zero-order chi connectivity index (χ0) is 17.8. The molecule has 1 heterocycles. The summed E-state index contributed by atoms with van der Waals surface area (Å²) < 4.78 is 5.66. The third-order valence-electron chi connectivity index (χ3n) is 4.04. The molecular weight excluding hydrogens is 318 g/mol. The van der Waals surface area contributed by atoms with Gasteiger partial charge in [0.1, 0.15) is 18.5 Å². The number of aliphatic hydroxyl groups excluding tert-OH is 1. The number of para-hydroxylation sites is 1. The molecule has 128 valence electrons. The monoisotopic (exact) mass is 337 g/mol. The van der Waals surface area contributed by atoms with Gasteiger partial charge in [0.15, 0.2) is 0 Å². The van der Waals surface area contributed by atoms with Crippen molar-refractivity contribution in [3.8, 4) is 5.75 Å². The van der Waals surface area contributed by atoms with Gasteiger partial charge in [-0.15, -0.1) is 6.58 Å². The first-order chi connectivity index (χ1) is 12.1. The summed E-state index contributed by atoms with van der Waals surface area (Å²) >= 11 is 0. The second-order valence-corrected chi connectivity index (χ2v) is 5.83. The first-order valence-corrected chi connectivity index (χ1v) is 8.06. The number of amides is 2. The minimum Gasteiger partial charge on any atom is -0.491 e. The number of benzene rings is 2. The molecule has 0 unspecified atom stereocenters. The lowest BCUT2D eigenvalue weighted by molar-refractivity contribution is 0.0456. The molecular formula is C20H19NO4. The smallest absolute Gasteiger partial charge is 0.261 e.